The van der Waals surface area contributed by atoms with Gasteiger partial charge in [0.1, 0.15) is 5.69 Å². The van der Waals surface area contributed by atoms with Gasteiger partial charge in [-0.05, 0) is 77.2 Å². The quantitative estimate of drug-likeness (QED) is 0.423. The van der Waals surface area contributed by atoms with E-state index in [1.54, 1.807) is 6.20 Å². The van der Waals surface area contributed by atoms with Gasteiger partial charge in [-0.2, -0.15) is 0 Å². The van der Waals surface area contributed by atoms with Gasteiger partial charge >= 0.3 is 0 Å². The molecule has 0 amide bonds. The highest BCUT2D eigenvalue weighted by atomic mass is 15.3. The normalized spacial score (nSPS) is 10.7. The average molecular weight is 415 g/mol. The Balaban J connectivity index is 0.00000341. The molecule has 0 N–H and O–H groups in total. The fourth-order valence-corrected chi connectivity index (χ4v) is 3.48. The van der Waals surface area contributed by atoms with Crippen LogP contribution in [0.1, 0.15) is 25.5 Å². The first kappa shape index (κ1) is 24.1. The minimum atomic E-state index is 0. The Kier molecular flexibility index (Phi) is 7.95. The van der Waals surface area contributed by atoms with Crippen LogP contribution in [0, 0.1) is 0 Å². The Morgan fingerprint density at radius 3 is 1.84 bits per heavy atom. The van der Waals surface area contributed by atoms with E-state index in [1.165, 1.54) is 33.3 Å². The van der Waals surface area contributed by atoms with E-state index in [9.17, 15) is 0 Å². The predicted octanol–water partition coefficient (Wildman–Crippen LogP) is 4.66. The Morgan fingerprint density at radius 2 is 1.39 bits per heavy atom. The molecule has 0 heterocycles. The van der Waals surface area contributed by atoms with Crippen molar-refractivity contribution < 1.29 is 0 Å². The number of rotatable bonds is 6. The van der Waals surface area contributed by atoms with Crippen LogP contribution in [0.2, 0.25) is 0 Å². The molecule has 0 atom stereocenters. The molecule has 31 heavy (non-hydrogen) atoms. The molecule has 0 saturated heterocycles. The van der Waals surface area contributed by atoms with Crippen LogP contribution in [0.5, 0.6) is 0 Å². The molecule has 3 heteroatoms. The van der Waals surface area contributed by atoms with Crippen LogP contribution in [0.4, 0.5) is 11.4 Å². The molecule has 0 unspecified atom stereocenters. The van der Waals surface area contributed by atoms with E-state index in [0.717, 1.165) is 16.2 Å². The molecular weight excluding hydrogens is 378 g/mol. The topological polar surface area (TPSA) is 15.6 Å². The number of quaternary nitrogens is 1. The van der Waals surface area contributed by atoms with Crippen molar-refractivity contribution in [1.82, 2.24) is 4.48 Å². The van der Waals surface area contributed by atoms with Crippen molar-refractivity contribution in [3.63, 3.8) is 0 Å². The van der Waals surface area contributed by atoms with Crippen molar-refractivity contribution >= 4 is 29.9 Å². The number of benzene rings is 3. The minimum absolute atomic E-state index is 0. The second kappa shape index (κ2) is 10.2. The Labute approximate surface area is 187 Å². The molecular formula is C28H36N3+. The second-order valence-corrected chi connectivity index (χ2v) is 8.30. The van der Waals surface area contributed by atoms with Gasteiger partial charge in [-0.25, -0.2) is 0 Å². The third-order valence-corrected chi connectivity index (χ3v) is 5.76. The van der Waals surface area contributed by atoms with E-state index >= 15 is 0 Å². The minimum Gasteiger partial charge on any atom is -0.378 e. The van der Waals surface area contributed by atoms with E-state index in [-0.39, 0.29) is 7.43 Å². The summed E-state index contributed by atoms with van der Waals surface area (Å²) < 4.78 is 0.867. The molecule has 0 spiro atoms. The number of hydrogen-bond donors (Lipinski definition) is 0. The first-order valence-electron chi connectivity index (χ1n) is 10.3. The summed E-state index contributed by atoms with van der Waals surface area (Å²) >= 11 is 0. The van der Waals surface area contributed by atoms with Crippen molar-refractivity contribution in [3.8, 4) is 0 Å². The highest BCUT2D eigenvalue weighted by Gasteiger charge is 2.16. The van der Waals surface area contributed by atoms with Gasteiger partial charge in [-0.3, -0.25) is 9.48 Å². The zero-order valence-electron chi connectivity index (χ0n) is 18.8. The summed E-state index contributed by atoms with van der Waals surface area (Å²) in [5.74, 6) is 0. The van der Waals surface area contributed by atoms with Crippen LogP contribution in [0.25, 0.3) is 11.8 Å². The first-order chi connectivity index (χ1) is 14.4. The molecule has 0 aromatic heterocycles. The van der Waals surface area contributed by atoms with Crippen molar-refractivity contribution in [2.24, 2.45) is 4.99 Å². The van der Waals surface area contributed by atoms with Crippen molar-refractivity contribution in [2.45, 2.75) is 14.4 Å². The Bertz CT molecular complexity index is 1100. The summed E-state index contributed by atoms with van der Waals surface area (Å²) in [5.41, 5.74) is 6.15. The molecule has 0 bridgehead atoms. The van der Waals surface area contributed by atoms with Crippen LogP contribution in [0.15, 0.2) is 77.8 Å². The molecule has 0 aliphatic rings. The Morgan fingerprint density at radius 1 is 0.871 bits per heavy atom. The first-order valence-corrected chi connectivity index (χ1v) is 10.3. The van der Waals surface area contributed by atoms with Gasteiger partial charge < -0.3 is 4.90 Å². The van der Waals surface area contributed by atoms with E-state index in [2.05, 4.69) is 125 Å². The van der Waals surface area contributed by atoms with Gasteiger partial charge in [0.2, 0.25) is 0 Å². The van der Waals surface area contributed by atoms with Gasteiger partial charge in [0.25, 0.3) is 0 Å². The predicted molar refractivity (Wildman–Crippen MR) is 139 cm³/mol. The molecule has 0 aliphatic heterocycles. The average Bonchev–Trinajstić information content (AvgIpc) is 2.76. The largest absolute Gasteiger partial charge is 0.378 e. The molecule has 0 aliphatic carbocycles. The lowest BCUT2D eigenvalue weighted by Gasteiger charge is -2.27. The summed E-state index contributed by atoms with van der Waals surface area (Å²) in [7, 11) is 8.61. The van der Waals surface area contributed by atoms with Gasteiger partial charge in [-0.1, -0.05) is 43.8 Å². The smallest absolute Gasteiger partial charge is 0.132 e. The summed E-state index contributed by atoms with van der Waals surface area (Å²) in [5, 5.41) is 2.24. The lowest BCUT2D eigenvalue weighted by Crippen LogP contribution is -2.39. The number of aliphatic imine (C=N–C) groups is 1. The monoisotopic (exact) mass is 414 g/mol. The Hall–Kier alpha value is -3.17. The van der Waals surface area contributed by atoms with Crippen LogP contribution < -0.4 is 19.8 Å². The highest BCUT2D eigenvalue weighted by molar-refractivity contribution is 5.80. The fourth-order valence-electron chi connectivity index (χ4n) is 3.48. The van der Waals surface area contributed by atoms with Crippen molar-refractivity contribution in [2.75, 3.05) is 39.6 Å². The van der Waals surface area contributed by atoms with Gasteiger partial charge in [0, 0.05) is 26.0 Å². The number of hydrogen-bond acceptors (Lipinski definition) is 2. The lowest BCUT2D eigenvalue weighted by atomic mass is 9.94. The van der Waals surface area contributed by atoms with Crippen LogP contribution in [-0.4, -0.2) is 41.5 Å². The molecule has 0 radical (unpaired) electrons. The number of nitrogens with zero attached hydrogens (tertiary/aromatic N) is 3. The molecule has 3 aromatic rings. The summed E-state index contributed by atoms with van der Waals surface area (Å²) in [4.78, 5) is 6.00. The highest BCUT2D eigenvalue weighted by Crippen LogP contribution is 2.26. The maximum absolute atomic E-state index is 3.88. The fraction of sp³-hybridized carbons (Fsp3) is 0.250. The zero-order valence-corrected chi connectivity index (χ0v) is 18.8. The molecule has 3 nitrogen and oxygen atoms in total. The van der Waals surface area contributed by atoms with E-state index in [0.29, 0.717) is 0 Å². The van der Waals surface area contributed by atoms with E-state index in [1.807, 2.05) is 0 Å². The standard InChI is InChI=1S/C27H32N3.CH4/c1-7-30(5,6)26-18-14-24(15-19-26)27(22-10-8-21(9-11-22)20-28-2)23-12-16-25(17-13-23)29(3)4;/h8-20H,2,7H2,1,3-6H3;1H4/q+1;. The summed E-state index contributed by atoms with van der Waals surface area (Å²) in [6.07, 6.45) is 1.77. The molecule has 162 valence electrons. The van der Waals surface area contributed by atoms with Crippen LogP contribution in [0.3, 0.4) is 0 Å². The summed E-state index contributed by atoms with van der Waals surface area (Å²) in [6, 6.07) is 26.2. The molecule has 0 saturated carbocycles. The number of anilines is 1. The third kappa shape index (κ3) is 5.50. The van der Waals surface area contributed by atoms with Gasteiger partial charge in [-0.15, -0.1) is 0 Å². The maximum Gasteiger partial charge on any atom is 0.132 e. The summed E-state index contributed by atoms with van der Waals surface area (Å²) in [6.45, 7) is 6.82. The van der Waals surface area contributed by atoms with Gasteiger partial charge in [0.05, 0.1) is 20.6 Å². The van der Waals surface area contributed by atoms with Gasteiger partial charge in [0.15, 0.2) is 0 Å². The van der Waals surface area contributed by atoms with Crippen LogP contribution >= 0.6 is 0 Å². The molecule has 0 fully saturated rings. The van der Waals surface area contributed by atoms with Crippen molar-refractivity contribution in [3.05, 3.63) is 94.4 Å². The van der Waals surface area contributed by atoms with Crippen LogP contribution in [-0.2, 0) is 0 Å². The maximum atomic E-state index is 3.88. The van der Waals surface area contributed by atoms with E-state index < -0.39 is 0 Å². The lowest BCUT2D eigenvalue weighted by molar-refractivity contribution is 0.421. The van der Waals surface area contributed by atoms with Crippen molar-refractivity contribution in [1.29, 1.82) is 0 Å². The van der Waals surface area contributed by atoms with E-state index in [4.69, 9.17) is 0 Å². The molecule has 3 rings (SSSR count). The second-order valence-electron chi connectivity index (χ2n) is 8.30. The molecule has 3 aromatic carbocycles. The zero-order chi connectivity index (χ0) is 21.7. The third-order valence-electron chi connectivity index (χ3n) is 5.76. The SMILES string of the molecule is C.C=NC=c1ccc(=C(c2ccc(N(C)C)cc2)c2ccc([N+](C)(C)CC)cc2)cc1.